The quantitative estimate of drug-likeness (QED) is 0.701. The van der Waals surface area contributed by atoms with Crippen LogP contribution in [0.25, 0.3) is 0 Å². The van der Waals surface area contributed by atoms with E-state index in [0.717, 1.165) is 30.6 Å². The lowest BCUT2D eigenvalue weighted by Crippen LogP contribution is -2.47. The first-order valence-corrected chi connectivity index (χ1v) is 6.76. The lowest BCUT2D eigenvalue weighted by molar-refractivity contribution is -0.0685. The highest BCUT2D eigenvalue weighted by molar-refractivity contribution is 4.98. The van der Waals surface area contributed by atoms with Gasteiger partial charge in [-0.1, -0.05) is 33.6 Å². The number of hydrogen-bond donors (Lipinski definition) is 1. The molecular weight excluding hydrogens is 184 g/mol. The molecule has 2 fully saturated rings. The second kappa shape index (κ2) is 4.08. The summed E-state index contributed by atoms with van der Waals surface area (Å²) in [6, 6.07) is 0. The summed E-state index contributed by atoms with van der Waals surface area (Å²) in [7, 11) is 0. The van der Waals surface area contributed by atoms with Crippen molar-refractivity contribution in [2.45, 2.75) is 65.4 Å². The highest BCUT2D eigenvalue weighted by atomic mass is 16.3. The standard InChI is InChI=1S/C14H26O/c1-4-13-10(2)5-6-11-9-12(15)7-8-14(11,13)3/h10-13,15H,4-9H2,1-3H3. The van der Waals surface area contributed by atoms with Crippen molar-refractivity contribution in [3.05, 3.63) is 0 Å². The Morgan fingerprint density at radius 2 is 2.00 bits per heavy atom. The first-order valence-electron chi connectivity index (χ1n) is 6.76. The first-order chi connectivity index (χ1) is 7.08. The molecule has 0 bridgehead atoms. The molecule has 0 aromatic carbocycles. The van der Waals surface area contributed by atoms with Crippen LogP contribution in [0.5, 0.6) is 0 Å². The third-order valence-electron chi connectivity index (χ3n) is 5.45. The number of aliphatic hydroxyl groups excluding tert-OH is 1. The molecule has 0 aromatic heterocycles. The van der Waals surface area contributed by atoms with E-state index in [4.69, 9.17) is 0 Å². The molecule has 1 nitrogen and oxygen atoms in total. The molecule has 0 aliphatic heterocycles. The Morgan fingerprint density at radius 1 is 1.27 bits per heavy atom. The van der Waals surface area contributed by atoms with Crippen LogP contribution < -0.4 is 0 Å². The van der Waals surface area contributed by atoms with E-state index in [9.17, 15) is 5.11 Å². The van der Waals surface area contributed by atoms with Crippen molar-refractivity contribution in [1.82, 2.24) is 0 Å². The van der Waals surface area contributed by atoms with Gasteiger partial charge in [0.2, 0.25) is 0 Å². The molecule has 0 saturated heterocycles. The molecule has 2 rings (SSSR count). The van der Waals surface area contributed by atoms with E-state index < -0.39 is 0 Å². The van der Waals surface area contributed by atoms with Crippen LogP contribution in [0.15, 0.2) is 0 Å². The Balaban J connectivity index is 2.18. The minimum atomic E-state index is -0.00557. The SMILES string of the molecule is CCC1C(C)CCC2CC(O)CCC21C. The van der Waals surface area contributed by atoms with Crippen LogP contribution in [-0.4, -0.2) is 11.2 Å². The van der Waals surface area contributed by atoms with Gasteiger partial charge in [0.25, 0.3) is 0 Å². The molecule has 0 spiro atoms. The van der Waals surface area contributed by atoms with Gasteiger partial charge in [-0.2, -0.15) is 0 Å². The summed E-state index contributed by atoms with van der Waals surface area (Å²) >= 11 is 0. The fourth-order valence-corrected chi connectivity index (χ4v) is 4.52. The molecule has 0 heterocycles. The van der Waals surface area contributed by atoms with Gasteiger partial charge in [-0.05, 0) is 48.9 Å². The topological polar surface area (TPSA) is 20.2 Å². The van der Waals surface area contributed by atoms with Gasteiger partial charge in [0.15, 0.2) is 0 Å². The molecule has 2 aliphatic rings. The Bertz CT molecular complexity index is 225. The summed E-state index contributed by atoms with van der Waals surface area (Å²) in [6.45, 7) is 7.27. The van der Waals surface area contributed by atoms with Crippen molar-refractivity contribution in [3.63, 3.8) is 0 Å². The van der Waals surface area contributed by atoms with E-state index in [1.807, 2.05) is 0 Å². The largest absolute Gasteiger partial charge is 0.393 e. The average molecular weight is 210 g/mol. The third kappa shape index (κ3) is 1.84. The van der Waals surface area contributed by atoms with Crippen molar-refractivity contribution >= 4 is 0 Å². The van der Waals surface area contributed by atoms with Crippen molar-refractivity contribution in [2.75, 3.05) is 0 Å². The van der Waals surface area contributed by atoms with Crippen molar-refractivity contribution in [2.24, 2.45) is 23.2 Å². The van der Waals surface area contributed by atoms with Crippen LogP contribution in [0.1, 0.15) is 59.3 Å². The molecule has 0 amide bonds. The fourth-order valence-electron chi connectivity index (χ4n) is 4.52. The summed E-state index contributed by atoms with van der Waals surface area (Å²) in [6.07, 6.45) is 7.41. The second-order valence-corrected chi connectivity index (χ2v) is 6.20. The average Bonchev–Trinajstić information content (AvgIpc) is 2.20. The first kappa shape index (κ1) is 11.4. The van der Waals surface area contributed by atoms with Crippen LogP contribution in [0.2, 0.25) is 0 Å². The Kier molecular flexibility index (Phi) is 3.12. The smallest absolute Gasteiger partial charge is 0.0543 e. The zero-order valence-electron chi connectivity index (χ0n) is 10.5. The summed E-state index contributed by atoms with van der Waals surface area (Å²) in [5, 5.41) is 9.79. The zero-order valence-corrected chi connectivity index (χ0v) is 10.5. The lowest BCUT2D eigenvalue weighted by atomic mass is 9.52. The van der Waals surface area contributed by atoms with Gasteiger partial charge in [-0.15, -0.1) is 0 Å². The predicted octanol–water partition coefficient (Wildman–Crippen LogP) is 3.61. The highest BCUT2D eigenvalue weighted by Gasteiger charge is 2.48. The van der Waals surface area contributed by atoms with Gasteiger partial charge in [-0.3, -0.25) is 0 Å². The molecule has 5 atom stereocenters. The maximum absolute atomic E-state index is 9.79. The van der Waals surface area contributed by atoms with Gasteiger partial charge in [0.05, 0.1) is 6.10 Å². The summed E-state index contributed by atoms with van der Waals surface area (Å²) < 4.78 is 0. The van der Waals surface area contributed by atoms with Gasteiger partial charge < -0.3 is 5.11 Å². The van der Waals surface area contributed by atoms with Crippen LogP contribution >= 0.6 is 0 Å². The molecule has 2 saturated carbocycles. The molecule has 0 radical (unpaired) electrons. The lowest BCUT2D eigenvalue weighted by Gasteiger charge is -2.54. The Hall–Kier alpha value is -0.0400. The van der Waals surface area contributed by atoms with E-state index in [1.54, 1.807) is 0 Å². The van der Waals surface area contributed by atoms with Crippen molar-refractivity contribution < 1.29 is 5.11 Å². The van der Waals surface area contributed by atoms with Gasteiger partial charge in [-0.25, -0.2) is 0 Å². The normalized spacial score (nSPS) is 51.2. The van der Waals surface area contributed by atoms with Crippen LogP contribution in [0.4, 0.5) is 0 Å². The zero-order chi connectivity index (χ0) is 11.1. The summed E-state index contributed by atoms with van der Waals surface area (Å²) in [4.78, 5) is 0. The molecule has 5 unspecified atom stereocenters. The molecule has 15 heavy (non-hydrogen) atoms. The highest BCUT2D eigenvalue weighted by Crippen LogP contribution is 2.56. The van der Waals surface area contributed by atoms with Gasteiger partial charge in [0.1, 0.15) is 0 Å². The molecule has 1 heteroatoms. The third-order valence-corrected chi connectivity index (χ3v) is 5.45. The minimum absolute atomic E-state index is 0.00557. The fraction of sp³-hybridized carbons (Fsp3) is 1.00. The van der Waals surface area contributed by atoms with E-state index in [0.29, 0.717) is 5.41 Å². The molecule has 0 aromatic rings. The second-order valence-electron chi connectivity index (χ2n) is 6.20. The number of fused-ring (bicyclic) bond motifs is 1. The van der Waals surface area contributed by atoms with Crippen molar-refractivity contribution in [1.29, 1.82) is 0 Å². The van der Waals surface area contributed by atoms with Crippen LogP contribution in [0, 0.1) is 23.2 Å². The number of hydrogen-bond acceptors (Lipinski definition) is 1. The minimum Gasteiger partial charge on any atom is -0.393 e. The Labute approximate surface area is 94.3 Å². The van der Waals surface area contributed by atoms with Gasteiger partial charge in [0, 0.05) is 0 Å². The van der Waals surface area contributed by atoms with Crippen molar-refractivity contribution in [3.8, 4) is 0 Å². The molecular formula is C14H26O. The monoisotopic (exact) mass is 210 g/mol. The maximum atomic E-state index is 9.79. The number of rotatable bonds is 1. The molecule has 2 aliphatic carbocycles. The maximum Gasteiger partial charge on any atom is 0.0543 e. The van der Waals surface area contributed by atoms with Crippen LogP contribution in [0.3, 0.4) is 0 Å². The Morgan fingerprint density at radius 3 is 2.67 bits per heavy atom. The summed E-state index contributed by atoms with van der Waals surface area (Å²) in [5.41, 5.74) is 0.533. The molecule has 88 valence electrons. The van der Waals surface area contributed by atoms with E-state index in [1.165, 1.54) is 25.7 Å². The van der Waals surface area contributed by atoms with Crippen LogP contribution in [-0.2, 0) is 0 Å². The van der Waals surface area contributed by atoms with Gasteiger partial charge >= 0.3 is 0 Å². The number of aliphatic hydroxyl groups is 1. The molecule has 1 N–H and O–H groups in total. The van der Waals surface area contributed by atoms with E-state index >= 15 is 0 Å². The van der Waals surface area contributed by atoms with E-state index in [2.05, 4.69) is 20.8 Å². The predicted molar refractivity (Wildman–Crippen MR) is 63.6 cm³/mol. The van der Waals surface area contributed by atoms with E-state index in [-0.39, 0.29) is 6.10 Å². The summed E-state index contributed by atoms with van der Waals surface area (Å²) in [5.74, 6) is 2.58.